The Bertz CT molecular complexity index is 1600. The van der Waals surface area contributed by atoms with Gasteiger partial charge in [0, 0.05) is 41.8 Å². The van der Waals surface area contributed by atoms with Crippen molar-refractivity contribution in [1.29, 1.82) is 0 Å². The second kappa shape index (κ2) is 10.3. The van der Waals surface area contributed by atoms with Crippen molar-refractivity contribution in [2.45, 2.75) is 29.8 Å². The Morgan fingerprint density at radius 2 is 1.71 bits per heavy atom. The summed E-state index contributed by atoms with van der Waals surface area (Å²) in [6.07, 6.45) is 11.3. The normalized spacial score (nSPS) is 17.5. The molecule has 5 rings (SSSR count). The van der Waals surface area contributed by atoms with Crippen molar-refractivity contribution in [1.82, 2.24) is 14.9 Å². The Morgan fingerprint density at radius 1 is 1.03 bits per heavy atom. The van der Waals surface area contributed by atoms with E-state index >= 15 is 0 Å². The third-order valence-electron chi connectivity index (χ3n) is 6.75. The number of amides is 1. The molecule has 1 saturated heterocycles. The highest BCUT2D eigenvalue weighted by molar-refractivity contribution is 7.93. The number of hydrogen-bond donors (Lipinski definition) is 2. The van der Waals surface area contributed by atoms with Crippen molar-refractivity contribution in [3.8, 4) is 0 Å². The summed E-state index contributed by atoms with van der Waals surface area (Å²) < 4.78 is 42.5. The molecule has 2 N–H and O–H groups in total. The number of anilines is 1. The van der Waals surface area contributed by atoms with E-state index in [1.807, 2.05) is 18.2 Å². The number of halogens is 2. The lowest BCUT2D eigenvalue weighted by molar-refractivity contribution is 0.00932. The number of piperidine rings is 1. The van der Waals surface area contributed by atoms with Crippen molar-refractivity contribution in [2.75, 3.05) is 17.8 Å². The summed E-state index contributed by atoms with van der Waals surface area (Å²) in [5.41, 5.74) is 0.0677. The van der Waals surface area contributed by atoms with Gasteiger partial charge in [-0.3, -0.25) is 14.5 Å². The number of aliphatic hydroxyl groups is 1. The molecule has 2 aliphatic rings. The van der Waals surface area contributed by atoms with Gasteiger partial charge in [-0.1, -0.05) is 29.8 Å². The standard InChI is InChI=1S/C27H24ClFN4O4S/c28-21-5-3-1-2-4-20(21)27(35)12-16-33(17-13-27)26(34)18-6-8-19(9-7-18)32-38(36,37)23-11-10-22(29)24-25(23)31-15-14-30-24/h1-3,5-11,14-15,32,35H,4,12-13,16-17H2. The molecule has 2 heterocycles. The first-order chi connectivity index (χ1) is 18.2. The van der Waals surface area contributed by atoms with Gasteiger partial charge < -0.3 is 10.0 Å². The molecule has 38 heavy (non-hydrogen) atoms. The zero-order chi connectivity index (χ0) is 26.9. The van der Waals surface area contributed by atoms with Crippen LogP contribution in [0.15, 0.2) is 88.6 Å². The van der Waals surface area contributed by atoms with Gasteiger partial charge in [-0.15, -0.1) is 0 Å². The Morgan fingerprint density at radius 3 is 2.42 bits per heavy atom. The van der Waals surface area contributed by atoms with Crippen LogP contribution < -0.4 is 4.72 Å². The number of carbonyl (C=O) groups excluding carboxylic acids is 1. The van der Waals surface area contributed by atoms with Gasteiger partial charge in [0.15, 0.2) is 5.82 Å². The zero-order valence-electron chi connectivity index (χ0n) is 20.1. The number of likely N-dealkylation sites (tertiary alicyclic amines) is 1. The lowest BCUT2D eigenvalue weighted by Gasteiger charge is -2.40. The number of hydrogen-bond acceptors (Lipinski definition) is 6. The lowest BCUT2D eigenvalue weighted by Crippen LogP contribution is -2.47. The maximum absolute atomic E-state index is 14.0. The topological polar surface area (TPSA) is 112 Å². The van der Waals surface area contributed by atoms with Crippen molar-refractivity contribution in [3.63, 3.8) is 0 Å². The third kappa shape index (κ3) is 5.07. The lowest BCUT2D eigenvalue weighted by atomic mass is 9.82. The number of nitrogens with zero attached hydrogens (tertiary/aromatic N) is 3. The molecule has 0 unspecified atom stereocenters. The minimum absolute atomic E-state index is 0.0789. The van der Waals surface area contributed by atoms with Crippen LogP contribution in [0.4, 0.5) is 10.1 Å². The first kappa shape index (κ1) is 26.0. The molecule has 1 amide bonds. The van der Waals surface area contributed by atoms with E-state index in [4.69, 9.17) is 11.6 Å². The van der Waals surface area contributed by atoms with Gasteiger partial charge in [0.25, 0.3) is 15.9 Å². The fraction of sp³-hybridized carbons (Fsp3) is 0.222. The first-order valence-corrected chi connectivity index (χ1v) is 13.8. The summed E-state index contributed by atoms with van der Waals surface area (Å²) in [4.78, 5) is 22.4. The zero-order valence-corrected chi connectivity index (χ0v) is 21.7. The average Bonchev–Trinajstić information content (AvgIpc) is 3.14. The number of fused-ring (bicyclic) bond motifs is 1. The van der Waals surface area contributed by atoms with E-state index in [0.29, 0.717) is 42.9 Å². The Labute approximate surface area is 224 Å². The van der Waals surface area contributed by atoms with Crippen LogP contribution in [-0.4, -0.2) is 53.0 Å². The minimum Gasteiger partial charge on any atom is -0.385 e. The summed E-state index contributed by atoms with van der Waals surface area (Å²) in [5, 5.41) is 11.8. The average molecular weight is 555 g/mol. The monoisotopic (exact) mass is 554 g/mol. The predicted octanol–water partition coefficient (Wildman–Crippen LogP) is 4.55. The van der Waals surface area contributed by atoms with Gasteiger partial charge in [-0.25, -0.2) is 17.8 Å². The Kier molecular flexibility index (Phi) is 7.04. The molecule has 1 aliphatic carbocycles. The molecule has 8 nitrogen and oxygen atoms in total. The van der Waals surface area contributed by atoms with Gasteiger partial charge in [0.05, 0.1) is 5.60 Å². The van der Waals surface area contributed by atoms with Crippen LogP contribution in [0.25, 0.3) is 11.0 Å². The molecule has 0 spiro atoms. The maximum atomic E-state index is 14.0. The number of nitrogens with one attached hydrogen (secondary N) is 1. The molecule has 1 aromatic heterocycles. The van der Waals surface area contributed by atoms with Crippen LogP contribution in [0, 0.1) is 5.82 Å². The quantitative estimate of drug-likeness (QED) is 0.478. The van der Waals surface area contributed by atoms with Gasteiger partial charge in [-0.05, 0) is 67.3 Å². The number of allylic oxidation sites excluding steroid dienone is 5. The Hall–Kier alpha value is -3.60. The molecule has 1 aliphatic heterocycles. The Balaban J connectivity index is 1.27. The molecule has 2 aromatic carbocycles. The molecule has 196 valence electrons. The summed E-state index contributed by atoms with van der Waals surface area (Å²) in [6.45, 7) is 0.701. The molecule has 0 saturated carbocycles. The summed E-state index contributed by atoms with van der Waals surface area (Å²) in [7, 11) is -4.11. The molecule has 3 aromatic rings. The van der Waals surface area contributed by atoms with Gasteiger partial charge >= 0.3 is 0 Å². The number of carbonyl (C=O) groups is 1. The summed E-state index contributed by atoms with van der Waals surface area (Å²) in [5.74, 6) is -0.893. The number of benzene rings is 2. The van der Waals surface area contributed by atoms with E-state index in [2.05, 4.69) is 14.7 Å². The molecule has 0 atom stereocenters. The van der Waals surface area contributed by atoms with E-state index < -0.39 is 21.4 Å². The van der Waals surface area contributed by atoms with Crippen LogP contribution in [0.2, 0.25) is 0 Å². The van der Waals surface area contributed by atoms with Crippen molar-refractivity contribution in [3.05, 3.63) is 95.1 Å². The van der Waals surface area contributed by atoms with E-state index in [0.717, 1.165) is 17.7 Å². The maximum Gasteiger partial charge on any atom is 0.264 e. The highest BCUT2D eigenvalue weighted by Crippen LogP contribution is 2.36. The van der Waals surface area contributed by atoms with Crippen molar-refractivity contribution in [2.24, 2.45) is 0 Å². The van der Waals surface area contributed by atoms with Crippen LogP contribution in [0.3, 0.4) is 0 Å². The van der Waals surface area contributed by atoms with Crippen molar-refractivity contribution < 1.29 is 22.7 Å². The molecule has 0 bridgehead atoms. The fourth-order valence-corrected chi connectivity index (χ4v) is 6.22. The SMILES string of the molecule is O=C(c1ccc(NS(=O)(=O)c2ccc(F)c3nccnc23)cc1)N1CCC(O)(C2=C(Cl)C=CC=CC2)CC1. The van der Waals surface area contributed by atoms with Crippen LogP contribution in [0.5, 0.6) is 0 Å². The van der Waals surface area contributed by atoms with Gasteiger partial charge in [-0.2, -0.15) is 0 Å². The predicted molar refractivity (Wildman–Crippen MR) is 143 cm³/mol. The van der Waals surface area contributed by atoms with Crippen LogP contribution >= 0.6 is 11.6 Å². The summed E-state index contributed by atoms with van der Waals surface area (Å²) >= 11 is 6.38. The van der Waals surface area contributed by atoms with E-state index in [1.165, 1.54) is 36.7 Å². The minimum atomic E-state index is -4.11. The molecule has 1 fully saturated rings. The number of aromatic nitrogens is 2. The number of rotatable bonds is 5. The highest BCUT2D eigenvalue weighted by Gasteiger charge is 2.38. The van der Waals surface area contributed by atoms with Gasteiger partial charge in [0.1, 0.15) is 15.9 Å². The van der Waals surface area contributed by atoms with Crippen LogP contribution in [0.1, 0.15) is 29.6 Å². The smallest absolute Gasteiger partial charge is 0.264 e. The largest absolute Gasteiger partial charge is 0.385 e. The van der Waals surface area contributed by atoms with Crippen LogP contribution in [-0.2, 0) is 10.0 Å². The van der Waals surface area contributed by atoms with E-state index in [1.54, 1.807) is 11.0 Å². The van der Waals surface area contributed by atoms with Gasteiger partial charge in [0.2, 0.25) is 0 Å². The third-order valence-corrected chi connectivity index (χ3v) is 8.52. The van der Waals surface area contributed by atoms with E-state index in [9.17, 15) is 22.7 Å². The molecular formula is C27H24ClFN4O4S. The second-order valence-electron chi connectivity index (χ2n) is 9.12. The highest BCUT2D eigenvalue weighted by atomic mass is 35.5. The van der Waals surface area contributed by atoms with Crippen molar-refractivity contribution >= 4 is 44.3 Å². The second-order valence-corrected chi connectivity index (χ2v) is 11.2. The molecular weight excluding hydrogens is 531 g/mol. The first-order valence-electron chi connectivity index (χ1n) is 11.9. The summed E-state index contributed by atoms with van der Waals surface area (Å²) in [6, 6.07) is 8.19. The fourth-order valence-electron chi connectivity index (χ4n) is 4.69. The number of sulfonamides is 1. The molecule has 0 radical (unpaired) electrons. The molecule has 11 heteroatoms. The van der Waals surface area contributed by atoms with E-state index in [-0.39, 0.29) is 27.5 Å².